The summed E-state index contributed by atoms with van der Waals surface area (Å²) in [5.41, 5.74) is 5.80. The molecule has 11 aromatic carbocycles. The lowest BCUT2D eigenvalue weighted by molar-refractivity contribution is -0.142. The number of nitriles is 9. The number of fused-ring (bicyclic) bond motifs is 6. The van der Waals surface area contributed by atoms with Gasteiger partial charge in [-0.2, -0.15) is 73.7 Å². The number of rotatable bonds is 8. The summed E-state index contributed by atoms with van der Waals surface area (Å²) in [5.74, 6) is 0. The fraction of sp³-hybridized carbons (Fsp3) is 0.0260. The van der Waals surface area contributed by atoms with Crippen LogP contribution in [0.4, 0.5) is 26.3 Å². The highest BCUT2D eigenvalue weighted by molar-refractivity contribution is 6.14. The van der Waals surface area contributed by atoms with Crippen LogP contribution in [-0.2, 0) is 12.4 Å². The Kier molecular flexibility index (Phi) is 14.4. The molecule has 0 atom stereocenters. The van der Waals surface area contributed by atoms with Crippen molar-refractivity contribution in [3.63, 3.8) is 0 Å². The highest BCUT2D eigenvalue weighted by Crippen LogP contribution is 2.48. The van der Waals surface area contributed by atoms with Crippen LogP contribution in [0.5, 0.6) is 0 Å². The minimum Gasteiger partial charge on any atom is -0.309 e. The predicted octanol–water partition coefficient (Wildman–Crippen LogP) is 18.8. The van der Waals surface area contributed by atoms with Gasteiger partial charge >= 0.3 is 12.4 Å². The van der Waals surface area contributed by atoms with E-state index in [2.05, 4.69) is 54.6 Å². The molecule has 0 saturated heterocycles. The van der Waals surface area contributed by atoms with E-state index in [1.807, 2.05) is 33.4 Å². The van der Waals surface area contributed by atoms with Gasteiger partial charge in [0.1, 0.15) is 0 Å². The van der Waals surface area contributed by atoms with Crippen molar-refractivity contribution in [2.75, 3.05) is 0 Å². The first-order chi connectivity index (χ1) is 45.3. The highest BCUT2D eigenvalue weighted by atomic mass is 19.4. The number of hydrogen-bond acceptors (Lipinski definition) is 9. The molecule has 13 aromatic rings. The third kappa shape index (κ3) is 10.4. The maximum atomic E-state index is 15.4. The van der Waals surface area contributed by atoms with Crippen molar-refractivity contribution < 1.29 is 26.3 Å². The Morgan fingerprint density at radius 2 is 0.553 bits per heavy atom. The lowest BCUT2D eigenvalue weighted by atomic mass is 9.92. The van der Waals surface area contributed by atoms with E-state index in [9.17, 15) is 60.5 Å². The zero-order valence-electron chi connectivity index (χ0n) is 48.2. The number of alkyl halides is 6. The zero-order valence-corrected chi connectivity index (χ0v) is 48.2. The topological polar surface area (TPSA) is 224 Å². The van der Waals surface area contributed by atoms with E-state index in [1.165, 1.54) is 42.5 Å². The lowest BCUT2D eigenvalue weighted by Gasteiger charge is -2.21. The Morgan fingerprint density at radius 1 is 0.234 bits per heavy atom. The third-order valence-electron chi connectivity index (χ3n) is 16.5. The van der Waals surface area contributed by atoms with Crippen molar-refractivity contribution >= 4 is 43.6 Å². The van der Waals surface area contributed by atoms with Crippen molar-refractivity contribution in [2.45, 2.75) is 12.4 Å². The van der Waals surface area contributed by atoms with Crippen LogP contribution in [0.2, 0.25) is 0 Å². The molecule has 0 saturated carbocycles. The fourth-order valence-corrected chi connectivity index (χ4v) is 12.3. The highest BCUT2D eigenvalue weighted by Gasteiger charge is 2.39. The van der Waals surface area contributed by atoms with Crippen molar-refractivity contribution in [2.24, 2.45) is 0 Å². The Balaban J connectivity index is 1.15. The second-order valence-electron chi connectivity index (χ2n) is 22.0. The predicted molar refractivity (Wildman–Crippen MR) is 340 cm³/mol. The quantitative estimate of drug-likeness (QED) is 0.132. The first-order valence-corrected chi connectivity index (χ1v) is 28.3. The Labute approximate surface area is 530 Å². The molecule has 0 aliphatic carbocycles. The summed E-state index contributed by atoms with van der Waals surface area (Å²) in [6.07, 6.45) is -10.4. The molecule has 0 radical (unpaired) electrons. The summed E-state index contributed by atoms with van der Waals surface area (Å²) < 4.78 is 92.9. The van der Waals surface area contributed by atoms with Crippen molar-refractivity contribution in [3.05, 3.63) is 261 Å². The molecule has 13 rings (SSSR count). The molecule has 0 N–H and O–H groups in total. The van der Waals surface area contributed by atoms with Crippen molar-refractivity contribution in [3.8, 4) is 133 Å². The average molecular weight is 1230 g/mol. The van der Waals surface area contributed by atoms with Crippen LogP contribution >= 0.6 is 0 Å². The molecule has 0 unspecified atom stereocenters. The standard InChI is InChI=1S/C77H33F6N11/c78-76(79,80)61-7-9-62(69(33-61)77(81,82)83)56-6-14-70(93-71-10-2-52(57-19-44(35-85)15-45(20-57)36-86)28-65(71)66-29-53(3-11-72(66)93)58-21-46(37-87)16-47(22-58)38-88)64(32-56)63-8-1-43(34-84)27-75(63)94-73-12-4-54(59-23-48(39-89)17-49(24-59)40-90)30-67(73)68-31-55(5-13-74(68)94)60-25-50(41-91)18-51(26-60)42-92/h1-33H. The molecule has 438 valence electrons. The molecule has 0 fully saturated rings. The van der Waals surface area contributed by atoms with E-state index in [-0.39, 0.29) is 67.3 Å². The first-order valence-electron chi connectivity index (χ1n) is 28.3. The molecule has 0 aliphatic heterocycles. The summed E-state index contributed by atoms with van der Waals surface area (Å²) in [6, 6.07) is 70.4. The third-order valence-corrected chi connectivity index (χ3v) is 16.5. The van der Waals surface area contributed by atoms with Crippen molar-refractivity contribution in [1.29, 1.82) is 47.4 Å². The lowest BCUT2D eigenvalue weighted by Crippen LogP contribution is -2.12. The van der Waals surface area contributed by atoms with E-state index in [0.29, 0.717) is 111 Å². The fourth-order valence-electron chi connectivity index (χ4n) is 12.3. The van der Waals surface area contributed by atoms with Gasteiger partial charge in [0.15, 0.2) is 0 Å². The van der Waals surface area contributed by atoms with Gasteiger partial charge in [0.05, 0.1) is 149 Å². The number of hydrogen-bond donors (Lipinski definition) is 0. The molecule has 94 heavy (non-hydrogen) atoms. The summed E-state index contributed by atoms with van der Waals surface area (Å²) in [6.45, 7) is 0. The number of halogens is 6. The maximum Gasteiger partial charge on any atom is 0.417 e. The van der Waals surface area contributed by atoms with Crippen LogP contribution in [0.15, 0.2) is 200 Å². The number of aromatic nitrogens is 2. The number of benzene rings is 11. The largest absolute Gasteiger partial charge is 0.417 e. The Hall–Kier alpha value is -14.0. The molecule has 0 bridgehead atoms. The summed E-state index contributed by atoms with van der Waals surface area (Å²) in [4.78, 5) is 0. The minimum atomic E-state index is -5.29. The minimum absolute atomic E-state index is 0.0753. The molecule has 0 spiro atoms. The van der Waals surface area contributed by atoms with Gasteiger partial charge in [0.2, 0.25) is 0 Å². The molecule has 17 heteroatoms. The molecular formula is C77H33F6N11. The molecular weight excluding hydrogens is 1190 g/mol. The van der Waals surface area contributed by atoms with E-state index in [0.717, 1.165) is 6.07 Å². The second-order valence-corrected chi connectivity index (χ2v) is 22.0. The van der Waals surface area contributed by atoms with Gasteiger partial charge in [-0.25, -0.2) is 0 Å². The van der Waals surface area contributed by atoms with Crippen LogP contribution in [0.3, 0.4) is 0 Å². The molecule has 0 aliphatic rings. The van der Waals surface area contributed by atoms with Crippen LogP contribution in [0.25, 0.3) is 122 Å². The van der Waals surface area contributed by atoms with Gasteiger partial charge in [-0.15, -0.1) is 0 Å². The maximum absolute atomic E-state index is 15.4. The van der Waals surface area contributed by atoms with E-state index in [1.54, 1.807) is 115 Å². The molecule has 0 amide bonds. The van der Waals surface area contributed by atoms with Gasteiger partial charge in [-0.1, -0.05) is 42.5 Å². The Morgan fingerprint density at radius 3 is 0.872 bits per heavy atom. The number of nitrogens with zero attached hydrogens (tertiary/aromatic N) is 11. The van der Waals surface area contributed by atoms with Gasteiger partial charge in [-0.05, 0) is 213 Å². The SMILES string of the molecule is N#Cc1cc(C#N)cc(-c2ccc3c(c2)c2cc(-c4cc(C#N)cc(C#N)c4)ccc2n3-c2ccc(-c3ccc(C(F)(F)F)cc3C(F)(F)F)cc2-c2ccc(C#N)cc2-n2c3ccc(-c4cc(C#N)cc(C#N)c4)cc3c3cc(-c4cc(C#N)cc(C#N)c4)ccc32)c1. The van der Waals surface area contributed by atoms with Gasteiger partial charge in [-0.3, -0.25) is 0 Å². The van der Waals surface area contributed by atoms with Crippen LogP contribution < -0.4 is 0 Å². The van der Waals surface area contributed by atoms with Crippen LogP contribution in [-0.4, -0.2) is 9.13 Å². The summed E-state index contributed by atoms with van der Waals surface area (Å²) >= 11 is 0. The average Bonchev–Trinajstić information content (AvgIpc) is 1.56. The smallest absolute Gasteiger partial charge is 0.309 e. The van der Waals surface area contributed by atoms with E-state index >= 15 is 13.2 Å². The van der Waals surface area contributed by atoms with Crippen LogP contribution in [0, 0.1) is 102 Å². The second kappa shape index (κ2) is 22.9. The van der Waals surface area contributed by atoms with Gasteiger partial charge in [0.25, 0.3) is 0 Å². The normalized spacial score (nSPS) is 11.2. The zero-order chi connectivity index (χ0) is 65.9. The van der Waals surface area contributed by atoms with Crippen molar-refractivity contribution in [1.82, 2.24) is 9.13 Å². The Bertz CT molecular complexity index is 5520. The molecule has 2 aromatic heterocycles. The van der Waals surface area contributed by atoms with Gasteiger partial charge < -0.3 is 9.13 Å². The first kappa shape index (κ1) is 59.0. The summed E-state index contributed by atoms with van der Waals surface area (Å²) in [5, 5.41) is 93.3. The molecule has 11 nitrogen and oxygen atoms in total. The molecule has 2 heterocycles. The summed E-state index contributed by atoms with van der Waals surface area (Å²) in [7, 11) is 0. The van der Waals surface area contributed by atoms with Gasteiger partial charge in [0, 0.05) is 32.7 Å². The monoisotopic (exact) mass is 1230 g/mol. The van der Waals surface area contributed by atoms with Crippen LogP contribution in [0.1, 0.15) is 61.2 Å². The van der Waals surface area contributed by atoms with E-state index in [4.69, 9.17) is 0 Å². The van der Waals surface area contributed by atoms with E-state index < -0.39 is 29.0 Å².